The second kappa shape index (κ2) is 7.48. The first-order valence-corrected chi connectivity index (χ1v) is 6.34. The highest BCUT2D eigenvalue weighted by Crippen LogP contribution is 2.26. The lowest BCUT2D eigenvalue weighted by Crippen LogP contribution is -2.31. The lowest BCUT2D eigenvalue weighted by atomic mass is 9.93. The zero-order chi connectivity index (χ0) is 12.6. The minimum Gasteiger partial charge on any atom is -0.456 e. The molecule has 94 valence electrons. The van der Waals surface area contributed by atoms with Gasteiger partial charge in [-0.1, -0.05) is 39.7 Å². The highest BCUT2D eigenvalue weighted by Gasteiger charge is 2.27. The molecule has 0 fully saturated rings. The summed E-state index contributed by atoms with van der Waals surface area (Å²) in [4.78, 5) is 11.5. The standard InChI is InChI=1S/C14H26O2/c1-6-8-9-11-14(5,10-7-2)16-13(15)12(3)4/h3,6-11H2,1-2,4-5H3. The van der Waals surface area contributed by atoms with E-state index in [1.165, 1.54) is 12.8 Å². The average molecular weight is 226 g/mol. The molecule has 0 aliphatic rings. The number of hydrogen-bond donors (Lipinski definition) is 0. The summed E-state index contributed by atoms with van der Waals surface area (Å²) in [7, 11) is 0. The summed E-state index contributed by atoms with van der Waals surface area (Å²) in [5.41, 5.74) is 0.178. The molecule has 0 aromatic heterocycles. The van der Waals surface area contributed by atoms with Crippen molar-refractivity contribution in [2.45, 2.75) is 71.8 Å². The molecule has 0 amide bonds. The molecule has 0 saturated carbocycles. The maximum atomic E-state index is 11.5. The van der Waals surface area contributed by atoms with Crippen LogP contribution in [0, 0.1) is 0 Å². The van der Waals surface area contributed by atoms with E-state index in [0.29, 0.717) is 5.57 Å². The Morgan fingerprint density at radius 3 is 2.25 bits per heavy atom. The summed E-state index contributed by atoms with van der Waals surface area (Å²) < 4.78 is 5.55. The number of carbonyl (C=O) groups excluding carboxylic acids is 1. The van der Waals surface area contributed by atoms with Crippen LogP contribution in [0.25, 0.3) is 0 Å². The Labute approximate surface area is 100 Å². The highest BCUT2D eigenvalue weighted by atomic mass is 16.6. The van der Waals surface area contributed by atoms with Gasteiger partial charge in [0.05, 0.1) is 0 Å². The van der Waals surface area contributed by atoms with Gasteiger partial charge in [-0.05, 0) is 33.1 Å². The van der Waals surface area contributed by atoms with Crippen LogP contribution >= 0.6 is 0 Å². The van der Waals surface area contributed by atoms with Gasteiger partial charge in [0.15, 0.2) is 0 Å². The van der Waals surface area contributed by atoms with Crippen molar-refractivity contribution < 1.29 is 9.53 Å². The molecule has 0 heterocycles. The predicted octanol–water partition coefficient (Wildman–Crippen LogP) is 4.24. The zero-order valence-electron chi connectivity index (χ0n) is 11.3. The summed E-state index contributed by atoms with van der Waals surface area (Å²) in [6.45, 7) is 11.6. The third-order valence-corrected chi connectivity index (χ3v) is 2.78. The number of ether oxygens (including phenoxy) is 1. The normalized spacial score (nSPS) is 14.2. The van der Waals surface area contributed by atoms with E-state index in [1.807, 2.05) is 6.92 Å². The third kappa shape index (κ3) is 5.94. The van der Waals surface area contributed by atoms with Gasteiger partial charge < -0.3 is 4.74 Å². The van der Waals surface area contributed by atoms with Crippen LogP contribution in [0.4, 0.5) is 0 Å². The van der Waals surface area contributed by atoms with Gasteiger partial charge in [-0.3, -0.25) is 0 Å². The van der Waals surface area contributed by atoms with Crippen LogP contribution in [0.1, 0.15) is 66.2 Å². The summed E-state index contributed by atoms with van der Waals surface area (Å²) in [5.74, 6) is -0.257. The Morgan fingerprint density at radius 1 is 1.19 bits per heavy atom. The third-order valence-electron chi connectivity index (χ3n) is 2.78. The molecule has 2 nitrogen and oxygen atoms in total. The van der Waals surface area contributed by atoms with Gasteiger partial charge in [-0.15, -0.1) is 0 Å². The number of hydrogen-bond acceptors (Lipinski definition) is 2. The van der Waals surface area contributed by atoms with Gasteiger partial charge in [0.2, 0.25) is 0 Å². The Hall–Kier alpha value is -0.790. The second-order valence-electron chi connectivity index (χ2n) is 4.83. The predicted molar refractivity (Wildman–Crippen MR) is 68.4 cm³/mol. The van der Waals surface area contributed by atoms with E-state index >= 15 is 0 Å². The Morgan fingerprint density at radius 2 is 1.81 bits per heavy atom. The fourth-order valence-electron chi connectivity index (χ4n) is 1.82. The van der Waals surface area contributed by atoms with E-state index in [-0.39, 0.29) is 11.6 Å². The van der Waals surface area contributed by atoms with Crippen molar-refractivity contribution in [3.05, 3.63) is 12.2 Å². The molecule has 0 aliphatic heterocycles. The largest absolute Gasteiger partial charge is 0.456 e. The molecular formula is C14H26O2. The van der Waals surface area contributed by atoms with Crippen LogP contribution in [0.5, 0.6) is 0 Å². The van der Waals surface area contributed by atoms with Gasteiger partial charge in [-0.2, -0.15) is 0 Å². The maximum absolute atomic E-state index is 11.5. The molecule has 0 aromatic rings. The van der Waals surface area contributed by atoms with Gasteiger partial charge in [0.1, 0.15) is 5.60 Å². The van der Waals surface area contributed by atoms with Crippen LogP contribution in [0.2, 0.25) is 0 Å². The van der Waals surface area contributed by atoms with E-state index in [4.69, 9.17) is 4.74 Å². The summed E-state index contributed by atoms with van der Waals surface area (Å²) in [5, 5.41) is 0. The smallest absolute Gasteiger partial charge is 0.333 e. The Balaban J connectivity index is 4.31. The number of carbonyl (C=O) groups is 1. The first kappa shape index (κ1) is 15.2. The Kier molecular flexibility index (Phi) is 7.11. The molecule has 0 aromatic carbocycles. The fourth-order valence-corrected chi connectivity index (χ4v) is 1.82. The molecule has 0 rings (SSSR count). The van der Waals surface area contributed by atoms with Crippen molar-refractivity contribution >= 4 is 5.97 Å². The quantitative estimate of drug-likeness (QED) is 0.351. The topological polar surface area (TPSA) is 26.3 Å². The molecule has 2 heteroatoms. The van der Waals surface area contributed by atoms with Crippen molar-refractivity contribution in [2.24, 2.45) is 0 Å². The molecule has 0 aliphatic carbocycles. The van der Waals surface area contributed by atoms with E-state index in [1.54, 1.807) is 6.92 Å². The minimum atomic E-state index is -0.306. The number of unbranched alkanes of at least 4 members (excludes halogenated alkanes) is 2. The first-order chi connectivity index (χ1) is 7.45. The molecule has 0 saturated heterocycles. The summed E-state index contributed by atoms with van der Waals surface area (Å²) in [6, 6.07) is 0. The zero-order valence-corrected chi connectivity index (χ0v) is 11.3. The van der Waals surface area contributed by atoms with Crippen molar-refractivity contribution in [1.29, 1.82) is 0 Å². The van der Waals surface area contributed by atoms with Crippen LogP contribution in [-0.2, 0) is 9.53 Å². The van der Waals surface area contributed by atoms with Crippen molar-refractivity contribution in [2.75, 3.05) is 0 Å². The number of rotatable bonds is 8. The van der Waals surface area contributed by atoms with Gasteiger partial charge >= 0.3 is 5.97 Å². The minimum absolute atomic E-state index is 0.257. The van der Waals surface area contributed by atoms with Gasteiger partial charge in [0.25, 0.3) is 0 Å². The molecular weight excluding hydrogens is 200 g/mol. The van der Waals surface area contributed by atoms with Crippen LogP contribution in [0.3, 0.4) is 0 Å². The van der Waals surface area contributed by atoms with E-state index < -0.39 is 0 Å². The van der Waals surface area contributed by atoms with Crippen LogP contribution in [0.15, 0.2) is 12.2 Å². The van der Waals surface area contributed by atoms with Crippen LogP contribution in [-0.4, -0.2) is 11.6 Å². The van der Waals surface area contributed by atoms with Crippen molar-refractivity contribution in [1.82, 2.24) is 0 Å². The molecule has 0 radical (unpaired) electrons. The van der Waals surface area contributed by atoms with Crippen molar-refractivity contribution in [3.63, 3.8) is 0 Å². The molecule has 1 unspecified atom stereocenters. The van der Waals surface area contributed by atoms with Crippen LogP contribution < -0.4 is 0 Å². The second-order valence-corrected chi connectivity index (χ2v) is 4.83. The van der Waals surface area contributed by atoms with Crippen molar-refractivity contribution in [3.8, 4) is 0 Å². The maximum Gasteiger partial charge on any atom is 0.333 e. The summed E-state index contributed by atoms with van der Waals surface area (Å²) in [6.07, 6.45) is 6.42. The van der Waals surface area contributed by atoms with E-state index in [0.717, 1.165) is 25.7 Å². The average Bonchev–Trinajstić information content (AvgIpc) is 2.18. The van der Waals surface area contributed by atoms with Gasteiger partial charge in [-0.25, -0.2) is 4.79 Å². The lowest BCUT2D eigenvalue weighted by molar-refractivity contribution is -0.154. The first-order valence-electron chi connectivity index (χ1n) is 6.34. The lowest BCUT2D eigenvalue weighted by Gasteiger charge is -2.29. The van der Waals surface area contributed by atoms with E-state index in [2.05, 4.69) is 20.4 Å². The number of esters is 1. The monoisotopic (exact) mass is 226 g/mol. The highest BCUT2D eigenvalue weighted by molar-refractivity contribution is 5.87. The molecule has 0 N–H and O–H groups in total. The fraction of sp³-hybridized carbons (Fsp3) is 0.786. The molecule has 1 atom stereocenters. The summed E-state index contributed by atoms with van der Waals surface area (Å²) >= 11 is 0. The molecule has 16 heavy (non-hydrogen) atoms. The molecule has 0 bridgehead atoms. The molecule has 0 spiro atoms. The van der Waals surface area contributed by atoms with E-state index in [9.17, 15) is 4.79 Å². The SMILES string of the molecule is C=C(C)C(=O)OC(C)(CCC)CCCCC. The van der Waals surface area contributed by atoms with Gasteiger partial charge in [0, 0.05) is 5.57 Å². The Bertz CT molecular complexity index is 233.